The van der Waals surface area contributed by atoms with Crippen molar-refractivity contribution in [3.63, 3.8) is 0 Å². The Labute approximate surface area is 228 Å². The summed E-state index contributed by atoms with van der Waals surface area (Å²) >= 11 is 0. The molecule has 4 aliphatic carbocycles. The van der Waals surface area contributed by atoms with Gasteiger partial charge in [-0.25, -0.2) is 8.37 Å². The maximum absolute atomic E-state index is 11.6. The summed E-state index contributed by atoms with van der Waals surface area (Å²) in [4.78, 5) is 0. The summed E-state index contributed by atoms with van der Waals surface area (Å²) in [6.45, 7) is 9.12. The van der Waals surface area contributed by atoms with Crippen LogP contribution in [0.5, 0.6) is 0 Å². The molecular weight excluding hydrogens is 532 g/mol. The van der Waals surface area contributed by atoms with Crippen molar-refractivity contribution >= 4 is 20.8 Å². The smallest absolute Gasteiger partial charge is 0.368 e. The molecule has 4 bridgehead atoms. The summed E-state index contributed by atoms with van der Waals surface area (Å²) in [5.74, 6) is 1.93. The highest BCUT2D eigenvalue weighted by Gasteiger charge is 2.74. The molecule has 0 amide bonds. The fourth-order valence-corrected chi connectivity index (χ4v) is 11.2. The molecule has 220 valence electrons. The van der Waals surface area contributed by atoms with Crippen molar-refractivity contribution in [2.45, 2.75) is 116 Å². The van der Waals surface area contributed by atoms with Gasteiger partial charge in [-0.3, -0.25) is 9.11 Å². The molecule has 38 heavy (non-hydrogen) atoms. The van der Waals surface area contributed by atoms with Crippen LogP contribution in [-0.4, -0.2) is 50.4 Å². The van der Waals surface area contributed by atoms with Gasteiger partial charge in [0.2, 0.25) is 0 Å². The largest absolute Gasteiger partial charge is 0.397 e. The van der Waals surface area contributed by atoms with Gasteiger partial charge in [0, 0.05) is 5.41 Å². The van der Waals surface area contributed by atoms with E-state index in [1.165, 1.54) is 0 Å². The summed E-state index contributed by atoms with van der Waals surface area (Å²) < 4.78 is 81.8. The number of hydrogen-bond donors (Lipinski definition) is 2. The maximum atomic E-state index is 11.6. The van der Waals surface area contributed by atoms with Crippen molar-refractivity contribution in [2.24, 2.45) is 46.3 Å². The molecule has 9 nitrogen and oxygen atoms in total. The van der Waals surface area contributed by atoms with E-state index in [-0.39, 0.29) is 41.0 Å². The van der Waals surface area contributed by atoms with Gasteiger partial charge in [-0.05, 0) is 98.7 Å². The van der Waals surface area contributed by atoms with E-state index in [0.717, 1.165) is 64.2 Å². The topological polar surface area (TPSA) is 136 Å². The Morgan fingerprint density at radius 3 is 2.21 bits per heavy atom. The monoisotopic (exact) mass is 578 g/mol. The molecule has 0 radical (unpaired) electrons. The van der Waals surface area contributed by atoms with Gasteiger partial charge in [0.05, 0.1) is 18.3 Å². The minimum atomic E-state index is -4.55. The van der Waals surface area contributed by atoms with E-state index in [1.807, 2.05) is 0 Å². The molecule has 11 heteroatoms. The van der Waals surface area contributed by atoms with Crippen molar-refractivity contribution in [3.05, 3.63) is 0 Å². The van der Waals surface area contributed by atoms with E-state index in [1.54, 1.807) is 0 Å². The molecular formula is C27H46O9S2. The number of rotatable bonds is 10. The van der Waals surface area contributed by atoms with Crippen molar-refractivity contribution in [1.82, 2.24) is 0 Å². The molecule has 5 rings (SSSR count). The average Bonchev–Trinajstić information content (AvgIpc) is 3.11. The quantitative estimate of drug-likeness (QED) is 0.334. The fourth-order valence-electron chi connectivity index (χ4n) is 10.3. The predicted molar refractivity (Wildman–Crippen MR) is 141 cm³/mol. The first-order valence-corrected chi connectivity index (χ1v) is 17.3. The Morgan fingerprint density at radius 1 is 0.868 bits per heavy atom. The summed E-state index contributed by atoms with van der Waals surface area (Å²) in [6, 6.07) is 0. The lowest BCUT2D eigenvalue weighted by Crippen LogP contribution is -2.61. The van der Waals surface area contributed by atoms with Crippen molar-refractivity contribution in [3.8, 4) is 0 Å². The summed E-state index contributed by atoms with van der Waals surface area (Å²) in [6.07, 6.45) is 9.26. The number of fused-ring (bicyclic) bond motifs is 2. The molecule has 1 heterocycles. The molecule has 3 unspecified atom stereocenters. The third kappa shape index (κ3) is 4.90. The lowest BCUT2D eigenvalue weighted by Gasteiger charge is -2.61. The van der Waals surface area contributed by atoms with Gasteiger partial charge in [0.25, 0.3) is 0 Å². The Kier molecular flexibility index (Phi) is 7.62. The van der Waals surface area contributed by atoms with E-state index in [2.05, 4.69) is 27.7 Å². The van der Waals surface area contributed by atoms with Crippen LogP contribution in [-0.2, 0) is 33.9 Å². The van der Waals surface area contributed by atoms with Gasteiger partial charge in [-0.15, -0.1) is 0 Å². The summed E-state index contributed by atoms with van der Waals surface area (Å²) in [5, 5.41) is 0. The molecule has 10 atom stereocenters. The standard InChI is InChI=1S/C27H46O9S2/c1-17(2)6-5-7-18(16-34-37(28,29)30)19-8-9-20-21-10-11-22-24-23(36-38(31,32)33)12-13-26(22,4)27(21,35-24)15-14-25(19,20)3/h17-24H,5-16H2,1-4H3,(H,28,29,30)(H,31,32,33)/t18-,19+,20-,21-,22?,23?,24?,25+,26-,27+/m0/s1. The highest BCUT2D eigenvalue weighted by atomic mass is 32.3. The van der Waals surface area contributed by atoms with Gasteiger partial charge in [-0.2, -0.15) is 16.8 Å². The van der Waals surface area contributed by atoms with E-state index in [9.17, 15) is 25.9 Å². The minimum absolute atomic E-state index is 0.0206. The SMILES string of the molecule is CC(C)CCC[C@@H](COS(=O)(=O)O)[C@H]1CC[C@H]2[C@@H]3CCC4C5O[C@@]3(CC[C@]12C)[C@@]4(C)CCC5OS(=O)(=O)O. The second-order valence-corrected chi connectivity index (χ2v) is 16.0. The van der Waals surface area contributed by atoms with Crippen LogP contribution >= 0.6 is 0 Å². The fraction of sp³-hybridized carbons (Fsp3) is 1.00. The second-order valence-electron chi connectivity index (χ2n) is 13.9. The van der Waals surface area contributed by atoms with Crippen LogP contribution in [0, 0.1) is 46.3 Å². The molecule has 1 spiro atoms. The van der Waals surface area contributed by atoms with E-state index >= 15 is 0 Å². The van der Waals surface area contributed by atoms with Gasteiger partial charge >= 0.3 is 20.8 Å². The molecule has 2 N–H and O–H groups in total. The second kappa shape index (κ2) is 9.91. The Bertz CT molecular complexity index is 1110. The zero-order chi connectivity index (χ0) is 27.7. The number of ether oxygens (including phenoxy) is 1. The number of hydrogen-bond acceptors (Lipinski definition) is 7. The lowest BCUT2D eigenvalue weighted by atomic mass is 9.43. The van der Waals surface area contributed by atoms with Crippen LogP contribution in [0.2, 0.25) is 0 Å². The van der Waals surface area contributed by atoms with Crippen LogP contribution in [0.25, 0.3) is 0 Å². The van der Waals surface area contributed by atoms with Crippen LogP contribution in [0.15, 0.2) is 0 Å². The minimum Gasteiger partial charge on any atom is -0.368 e. The molecule has 1 saturated heterocycles. The molecule has 5 fully saturated rings. The molecule has 0 aromatic rings. The van der Waals surface area contributed by atoms with E-state index < -0.39 is 26.9 Å². The highest BCUT2D eigenvalue weighted by molar-refractivity contribution is 7.81. The van der Waals surface area contributed by atoms with Gasteiger partial charge in [-0.1, -0.05) is 40.5 Å². The van der Waals surface area contributed by atoms with Crippen molar-refractivity contribution in [2.75, 3.05) is 6.61 Å². The maximum Gasteiger partial charge on any atom is 0.397 e. The molecule has 0 aromatic heterocycles. The van der Waals surface area contributed by atoms with E-state index in [0.29, 0.717) is 30.1 Å². The van der Waals surface area contributed by atoms with Crippen LogP contribution in [0.1, 0.15) is 98.3 Å². The Morgan fingerprint density at radius 2 is 1.55 bits per heavy atom. The third-order valence-electron chi connectivity index (χ3n) is 11.8. The summed E-state index contributed by atoms with van der Waals surface area (Å²) in [5.41, 5.74) is -0.354. The third-order valence-corrected chi connectivity index (χ3v) is 12.8. The molecule has 0 aromatic carbocycles. The Balaban J connectivity index is 1.39. The van der Waals surface area contributed by atoms with Gasteiger partial charge in [0.1, 0.15) is 6.10 Å². The van der Waals surface area contributed by atoms with Crippen molar-refractivity contribution in [1.29, 1.82) is 0 Å². The van der Waals surface area contributed by atoms with Gasteiger partial charge < -0.3 is 4.74 Å². The summed E-state index contributed by atoms with van der Waals surface area (Å²) in [7, 11) is -9.05. The van der Waals surface area contributed by atoms with Crippen LogP contribution in [0.3, 0.4) is 0 Å². The molecule has 5 aliphatic rings. The van der Waals surface area contributed by atoms with Crippen LogP contribution < -0.4 is 0 Å². The van der Waals surface area contributed by atoms with E-state index in [4.69, 9.17) is 13.1 Å². The first-order chi connectivity index (χ1) is 17.6. The molecule has 4 saturated carbocycles. The normalized spacial score (nSPS) is 45.1. The van der Waals surface area contributed by atoms with Crippen molar-refractivity contribution < 1.29 is 39.0 Å². The van der Waals surface area contributed by atoms with Gasteiger partial charge in [0.15, 0.2) is 0 Å². The average molecular weight is 579 g/mol. The zero-order valence-corrected chi connectivity index (χ0v) is 24.8. The molecule has 1 aliphatic heterocycles. The van der Waals surface area contributed by atoms with Crippen LogP contribution in [0.4, 0.5) is 0 Å². The highest BCUT2D eigenvalue weighted by Crippen LogP contribution is 2.74. The lowest BCUT2D eigenvalue weighted by molar-refractivity contribution is -0.194. The predicted octanol–water partition coefficient (Wildman–Crippen LogP) is 5.23. The first-order valence-electron chi connectivity index (χ1n) is 14.5. The Hall–Kier alpha value is -0.300. The zero-order valence-electron chi connectivity index (χ0n) is 23.2. The first kappa shape index (κ1) is 29.2.